The van der Waals surface area contributed by atoms with E-state index in [-0.39, 0.29) is 23.7 Å². The molecule has 0 amide bonds. The zero-order valence-corrected chi connectivity index (χ0v) is 29.3. The number of carbonyl (C=O) groups excluding carboxylic acids is 6. The van der Waals surface area contributed by atoms with Gasteiger partial charge in [0.25, 0.3) is 0 Å². The molecule has 0 bridgehead atoms. The van der Waals surface area contributed by atoms with Gasteiger partial charge >= 0.3 is 23.9 Å². The molecule has 2 heterocycles. The summed E-state index contributed by atoms with van der Waals surface area (Å²) in [6.45, 7) is 16.8. The van der Waals surface area contributed by atoms with Crippen LogP contribution in [-0.2, 0) is 38.9 Å². The summed E-state index contributed by atoms with van der Waals surface area (Å²) in [4.78, 5) is 67.3. The Bertz CT molecular complexity index is 1920. The molecule has 3 aromatic rings. The topological polar surface area (TPSA) is 149 Å². The number of ketones is 2. The normalized spacial score (nSPS) is 19.0. The van der Waals surface area contributed by atoms with E-state index >= 15 is 0 Å². The Morgan fingerprint density at radius 2 is 1.10 bits per heavy atom. The number of fused-ring (bicyclic) bond motifs is 5. The maximum absolute atomic E-state index is 12.2. The first-order chi connectivity index (χ1) is 22.8. The second-order valence-electron chi connectivity index (χ2n) is 13.1. The fourth-order valence-corrected chi connectivity index (χ4v) is 5.86. The number of hydrogen-bond acceptors (Lipinski definition) is 11. The highest BCUT2D eigenvalue weighted by Gasteiger charge is 2.50. The van der Waals surface area contributed by atoms with E-state index in [0.717, 1.165) is 16.5 Å². The highest BCUT2D eigenvalue weighted by molar-refractivity contribution is 6.52. The van der Waals surface area contributed by atoms with Crippen molar-refractivity contribution in [2.75, 3.05) is 0 Å². The van der Waals surface area contributed by atoms with Gasteiger partial charge < -0.3 is 23.7 Å². The summed E-state index contributed by atoms with van der Waals surface area (Å²) in [6.07, 6.45) is -0.219. The molecule has 0 spiro atoms. The van der Waals surface area contributed by atoms with E-state index in [0.29, 0.717) is 28.0 Å². The van der Waals surface area contributed by atoms with E-state index in [2.05, 4.69) is 4.74 Å². The number of esters is 4. The van der Waals surface area contributed by atoms with Gasteiger partial charge in [-0.25, -0.2) is 0 Å². The summed E-state index contributed by atoms with van der Waals surface area (Å²) in [7, 11) is 0. The van der Waals surface area contributed by atoms with Crippen LogP contribution in [0.2, 0.25) is 0 Å². The average molecular weight is 673 g/mol. The van der Waals surface area contributed by atoms with Crippen LogP contribution in [0.1, 0.15) is 90.7 Å². The number of rotatable bonds is 2. The third kappa shape index (κ3) is 6.97. The van der Waals surface area contributed by atoms with Gasteiger partial charge in [-0.1, -0.05) is 76.2 Å². The fraction of sp³-hybridized carbons (Fsp3) is 0.368. The van der Waals surface area contributed by atoms with Gasteiger partial charge in [0.15, 0.2) is 11.5 Å². The smallest absolute Gasteiger partial charge is 0.310 e. The lowest BCUT2D eigenvalue weighted by Gasteiger charge is -2.24. The molecule has 0 N–H and O–H groups in total. The van der Waals surface area contributed by atoms with Crippen LogP contribution >= 0.6 is 0 Å². The molecule has 0 saturated heterocycles. The van der Waals surface area contributed by atoms with Crippen LogP contribution in [0.3, 0.4) is 0 Å². The van der Waals surface area contributed by atoms with Crippen LogP contribution in [0.25, 0.3) is 16.5 Å². The molecule has 0 radical (unpaired) electrons. The van der Waals surface area contributed by atoms with Gasteiger partial charge in [0.2, 0.25) is 11.6 Å². The minimum atomic E-state index is -0.562. The van der Waals surface area contributed by atoms with E-state index < -0.39 is 46.3 Å². The van der Waals surface area contributed by atoms with Crippen LogP contribution in [0.5, 0.6) is 17.2 Å². The number of ether oxygens (including phenoxy) is 5. The summed E-state index contributed by atoms with van der Waals surface area (Å²) >= 11 is 0. The molecule has 11 heteroatoms. The van der Waals surface area contributed by atoms with Gasteiger partial charge in [0.1, 0.15) is 23.7 Å². The van der Waals surface area contributed by atoms with Crippen molar-refractivity contribution in [3.05, 3.63) is 70.8 Å². The van der Waals surface area contributed by atoms with Gasteiger partial charge in [-0.3, -0.25) is 28.8 Å². The summed E-state index contributed by atoms with van der Waals surface area (Å²) in [5, 5.41) is 1.50. The summed E-state index contributed by atoms with van der Waals surface area (Å²) in [5.74, 6) is -1.12. The van der Waals surface area contributed by atoms with Crippen LogP contribution in [-0.4, -0.2) is 47.7 Å². The van der Waals surface area contributed by atoms with Crippen LogP contribution in [0, 0.1) is 5.41 Å². The zero-order valence-electron chi connectivity index (χ0n) is 29.3. The van der Waals surface area contributed by atoms with Gasteiger partial charge in [-0.15, -0.1) is 0 Å². The minimum absolute atomic E-state index is 0.106. The first-order valence-corrected chi connectivity index (χ1v) is 15.7. The molecule has 3 aromatic carbocycles. The molecule has 0 saturated carbocycles. The van der Waals surface area contributed by atoms with E-state index in [1.54, 1.807) is 12.1 Å². The zero-order chi connectivity index (χ0) is 36.6. The van der Waals surface area contributed by atoms with Crippen LogP contribution in [0.4, 0.5) is 0 Å². The summed E-state index contributed by atoms with van der Waals surface area (Å²) in [5.41, 5.74) is 1.65. The van der Waals surface area contributed by atoms with Crippen molar-refractivity contribution in [3.63, 3.8) is 0 Å². The second kappa shape index (κ2) is 13.7. The molecule has 11 nitrogen and oxygen atoms in total. The third-order valence-electron chi connectivity index (χ3n) is 8.84. The molecular formula is C38H40O11. The lowest BCUT2D eigenvalue weighted by atomic mass is 9.74. The molecule has 0 aromatic heterocycles. The van der Waals surface area contributed by atoms with Crippen molar-refractivity contribution in [3.8, 4) is 17.2 Å². The predicted octanol–water partition coefficient (Wildman–Crippen LogP) is 6.45. The molecule has 0 fully saturated rings. The van der Waals surface area contributed by atoms with Crippen molar-refractivity contribution >= 4 is 52.0 Å². The van der Waals surface area contributed by atoms with Crippen molar-refractivity contribution in [2.24, 2.45) is 5.41 Å². The Kier molecular flexibility index (Phi) is 10.2. The Morgan fingerprint density at radius 3 is 1.63 bits per heavy atom. The average Bonchev–Trinajstić information content (AvgIpc) is 3.39. The molecule has 49 heavy (non-hydrogen) atoms. The number of benzene rings is 3. The Balaban J connectivity index is 0.000000190. The van der Waals surface area contributed by atoms with Crippen molar-refractivity contribution < 1.29 is 52.5 Å². The van der Waals surface area contributed by atoms with Gasteiger partial charge in [-0.05, 0) is 13.8 Å². The molecule has 3 aliphatic rings. The van der Waals surface area contributed by atoms with Gasteiger partial charge in [0.05, 0.1) is 11.1 Å². The maximum Gasteiger partial charge on any atom is 0.310 e. The lowest BCUT2D eigenvalue weighted by Crippen LogP contribution is -2.32. The number of carbonyl (C=O) groups is 6. The molecule has 258 valence electrons. The van der Waals surface area contributed by atoms with E-state index in [1.807, 2.05) is 77.9 Å². The second-order valence-corrected chi connectivity index (χ2v) is 13.1. The fourth-order valence-electron chi connectivity index (χ4n) is 5.86. The monoisotopic (exact) mass is 672 g/mol. The van der Waals surface area contributed by atoms with Crippen LogP contribution < -0.4 is 14.2 Å². The highest BCUT2D eigenvalue weighted by Crippen LogP contribution is 2.56. The van der Waals surface area contributed by atoms with E-state index in [4.69, 9.17) is 18.9 Å². The molecule has 6 rings (SSSR count). The number of Topliss-reactive ketones (excluding diaryl/α,β-unsaturated/α-hetero) is 2. The summed E-state index contributed by atoms with van der Waals surface area (Å²) < 4.78 is 26.8. The largest absolute Gasteiger partial charge is 0.489 e. The van der Waals surface area contributed by atoms with E-state index in [1.165, 1.54) is 27.7 Å². The SMILES string of the molecule is CC(=O)OC(C)=O.CC(=O)Oc1c2c(c3ccccc3c1OC(C)=O)OC(C)C2(C)C.CC1OC2=C(C(=O)C(=O)c3ccccc32)C1(C)C. The molecule has 2 atom stereocenters. The Morgan fingerprint density at radius 1 is 0.612 bits per heavy atom. The first-order valence-electron chi connectivity index (χ1n) is 15.7. The predicted molar refractivity (Wildman–Crippen MR) is 179 cm³/mol. The van der Waals surface area contributed by atoms with Crippen molar-refractivity contribution in [2.45, 2.75) is 86.9 Å². The molecule has 2 aliphatic heterocycles. The van der Waals surface area contributed by atoms with Crippen molar-refractivity contribution in [1.82, 2.24) is 0 Å². The van der Waals surface area contributed by atoms with Crippen LogP contribution in [0.15, 0.2) is 54.1 Å². The third-order valence-corrected chi connectivity index (χ3v) is 8.84. The lowest BCUT2D eigenvalue weighted by molar-refractivity contribution is -0.156. The Labute approximate surface area is 284 Å². The molecular weight excluding hydrogens is 632 g/mol. The number of hydrogen-bond donors (Lipinski definition) is 0. The molecule has 2 unspecified atom stereocenters. The van der Waals surface area contributed by atoms with Gasteiger partial charge in [0, 0.05) is 60.4 Å². The van der Waals surface area contributed by atoms with Gasteiger partial charge in [-0.2, -0.15) is 0 Å². The molecule has 1 aliphatic carbocycles. The Hall–Kier alpha value is -5.32. The summed E-state index contributed by atoms with van der Waals surface area (Å²) in [6, 6.07) is 14.6. The quantitative estimate of drug-likeness (QED) is 0.128. The standard InChI is InChI=1S/C19H20O5.C15H14O3.C4H6O3/c1-10-19(4,5)15-16(22-10)13-8-6-7-9-14(13)17(23-11(2)20)18(15)24-12(3)21;1-8-15(2,3)11-13(17)12(16)9-6-4-5-7-10(9)14(11)18-8;1-3(5)7-4(2)6/h6-10H,1-5H3;4-8H,1-3H3;1-2H3. The minimum Gasteiger partial charge on any atom is -0.489 e. The van der Waals surface area contributed by atoms with Crippen molar-refractivity contribution in [1.29, 1.82) is 0 Å². The first kappa shape index (κ1) is 36.5. The maximum atomic E-state index is 12.2. The highest BCUT2D eigenvalue weighted by atomic mass is 16.6. The van der Waals surface area contributed by atoms with E-state index in [9.17, 15) is 28.8 Å².